The molecule has 0 bridgehead atoms. The predicted molar refractivity (Wildman–Crippen MR) is 83.7 cm³/mol. The summed E-state index contributed by atoms with van der Waals surface area (Å²) in [5.41, 5.74) is 0.833. The van der Waals surface area contributed by atoms with E-state index in [1.807, 2.05) is 31.2 Å². The first-order valence-corrected chi connectivity index (χ1v) is 6.96. The monoisotopic (exact) mass is 298 g/mol. The fourth-order valence-corrected chi connectivity index (χ4v) is 2.42. The van der Waals surface area contributed by atoms with Gasteiger partial charge in [0.1, 0.15) is 5.75 Å². The van der Waals surface area contributed by atoms with E-state index in [0.29, 0.717) is 12.6 Å². The lowest BCUT2D eigenvalue weighted by molar-refractivity contribution is -0.120. The highest BCUT2D eigenvalue weighted by Crippen LogP contribution is 2.20. The number of hydrogen-bond donors (Lipinski definition) is 2. The number of halogens is 1. The molecule has 1 aromatic carbocycles. The fourth-order valence-electron chi connectivity index (χ4n) is 2.42. The van der Waals surface area contributed by atoms with Crippen LogP contribution in [0.5, 0.6) is 5.75 Å². The molecule has 112 valence electrons. The van der Waals surface area contributed by atoms with Crippen LogP contribution in [0.4, 0.5) is 5.69 Å². The van der Waals surface area contributed by atoms with E-state index in [4.69, 9.17) is 4.74 Å². The molecule has 1 saturated heterocycles. The van der Waals surface area contributed by atoms with Crippen LogP contribution in [0.2, 0.25) is 0 Å². The number of carbonyl (C=O) groups excluding carboxylic acids is 1. The average Bonchev–Trinajstić information content (AvgIpc) is 2.41. The lowest BCUT2D eigenvalue weighted by atomic mass is 9.92. The third-order valence-corrected chi connectivity index (χ3v) is 3.43. The molecule has 0 spiro atoms. The molecule has 1 amide bonds. The lowest BCUT2D eigenvalue weighted by Gasteiger charge is -2.27. The molecule has 0 aromatic heterocycles. The molecule has 1 aliphatic rings. The molecule has 5 heteroatoms. The first-order chi connectivity index (χ1) is 9.19. The molecule has 0 aliphatic carbocycles. The van der Waals surface area contributed by atoms with Gasteiger partial charge in [0, 0.05) is 17.6 Å². The Bertz CT molecular complexity index is 422. The number of amides is 1. The summed E-state index contributed by atoms with van der Waals surface area (Å²) < 4.78 is 5.38. The van der Waals surface area contributed by atoms with Crippen molar-refractivity contribution in [1.82, 2.24) is 5.32 Å². The normalized spacial score (nSPS) is 21.7. The third-order valence-electron chi connectivity index (χ3n) is 3.43. The lowest BCUT2D eigenvalue weighted by Crippen LogP contribution is -2.40. The molecule has 0 saturated carbocycles. The van der Waals surface area contributed by atoms with Crippen LogP contribution in [0.1, 0.15) is 26.7 Å². The summed E-state index contributed by atoms with van der Waals surface area (Å²) in [4.78, 5) is 12.2. The Morgan fingerprint density at radius 2 is 2.10 bits per heavy atom. The van der Waals surface area contributed by atoms with Gasteiger partial charge in [0.25, 0.3) is 0 Å². The summed E-state index contributed by atoms with van der Waals surface area (Å²) in [5.74, 6) is 1.07. The Balaban J connectivity index is 0.00000200. The zero-order valence-corrected chi connectivity index (χ0v) is 12.8. The summed E-state index contributed by atoms with van der Waals surface area (Å²) in [6.07, 6.45) is 1.82. The number of hydrogen-bond acceptors (Lipinski definition) is 3. The fraction of sp³-hybridized carbons (Fsp3) is 0.533. The summed E-state index contributed by atoms with van der Waals surface area (Å²) in [6.45, 7) is 5.64. The van der Waals surface area contributed by atoms with Crippen molar-refractivity contribution in [1.29, 1.82) is 0 Å². The molecule has 1 fully saturated rings. The van der Waals surface area contributed by atoms with Crippen molar-refractivity contribution >= 4 is 24.0 Å². The Morgan fingerprint density at radius 1 is 1.40 bits per heavy atom. The number of piperidine rings is 1. The van der Waals surface area contributed by atoms with E-state index in [2.05, 4.69) is 17.6 Å². The molecule has 0 radical (unpaired) electrons. The maximum absolute atomic E-state index is 12.2. The molecule has 20 heavy (non-hydrogen) atoms. The number of ether oxygens (including phenoxy) is 1. The van der Waals surface area contributed by atoms with Crippen molar-refractivity contribution in [3.05, 3.63) is 24.3 Å². The SMILES string of the molecule is CCOc1ccc(NC(=O)[C@H]2CCN[C@@H](C)C2)cc1.Cl. The molecule has 4 nitrogen and oxygen atoms in total. The van der Waals surface area contributed by atoms with Gasteiger partial charge >= 0.3 is 0 Å². The first-order valence-electron chi connectivity index (χ1n) is 6.96. The summed E-state index contributed by atoms with van der Waals surface area (Å²) >= 11 is 0. The van der Waals surface area contributed by atoms with Gasteiger partial charge in [-0.1, -0.05) is 0 Å². The van der Waals surface area contributed by atoms with Gasteiger partial charge in [-0.15, -0.1) is 12.4 Å². The van der Waals surface area contributed by atoms with Crippen LogP contribution >= 0.6 is 12.4 Å². The molecule has 1 aliphatic heterocycles. The highest BCUT2D eigenvalue weighted by atomic mass is 35.5. The van der Waals surface area contributed by atoms with Crippen LogP contribution in [-0.4, -0.2) is 25.1 Å². The average molecular weight is 299 g/mol. The van der Waals surface area contributed by atoms with Gasteiger partial charge in [-0.05, 0) is 57.5 Å². The molecule has 2 rings (SSSR count). The number of rotatable bonds is 4. The van der Waals surface area contributed by atoms with E-state index in [0.717, 1.165) is 30.8 Å². The van der Waals surface area contributed by atoms with Gasteiger partial charge in [-0.25, -0.2) is 0 Å². The van der Waals surface area contributed by atoms with Crippen molar-refractivity contribution in [2.24, 2.45) is 5.92 Å². The number of benzene rings is 1. The highest BCUT2D eigenvalue weighted by molar-refractivity contribution is 5.92. The predicted octanol–water partition coefficient (Wildman–Crippen LogP) is 2.83. The second-order valence-electron chi connectivity index (χ2n) is 5.02. The molecule has 1 aromatic rings. The third kappa shape index (κ3) is 4.69. The minimum Gasteiger partial charge on any atom is -0.494 e. The quantitative estimate of drug-likeness (QED) is 0.899. The van der Waals surface area contributed by atoms with E-state index < -0.39 is 0 Å². The number of anilines is 1. The highest BCUT2D eigenvalue weighted by Gasteiger charge is 2.24. The maximum Gasteiger partial charge on any atom is 0.227 e. The Morgan fingerprint density at radius 3 is 2.70 bits per heavy atom. The minimum absolute atomic E-state index is 0. The standard InChI is InChI=1S/C15H22N2O2.ClH/c1-3-19-14-6-4-13(5-7-14)17-15(18)12-8-9-16-11(2)10-12;/h4-7,11-12,16H,3,8-10H2,1-2H3,(H,17,18);1H/t11-,12-;/m0./s1. The molecular weight excluding hydrogens is 276 g/mol. The van der Waals surface area contributed by atoms with Crippen LogP contribution in [0.25, 0.3) is 0 Å². The van der Waals surface area contributed by atoms with Crippen LogP contribution < -0.4 is 15.4 Å². The van der Waals surface area contributed by atoms with Crippen LogP contribution in [0.3, 0.4) is 0 Å². The summed E-state index contributed by atoms with van der Waals surface area (Å²) in [5, 5.41) is 6.33. The molecule has 2 atom stereocenters. The summed E-state index contributed by atoms with van der Waals surface area (Å²) in [6, 6.07) is 7.94. The number of nitrogens with one attached hydrogen (secondary N) is 2. The largest absolute Gasteiger partial charge is 0.494 e. The molecular formula is C15H23ClN2O2. The zero-order chi connectivity index (χ0) is 13.7. The minimum atomic E-state index is 0. The number of carbonyl (C=O) groups is 1. The maximum atomic E-state index is 12.2. The van der Waals surface area contributed by atoms with Crippen LogP contribution in [-0.2, 0) is 4.79 Å². The van der Waals surface area contributed by atoms with E-state index in [1.165, 1.54) is 0 Å². The van der Waals surface area contributed by atoms with Crippen LogP contribution in [0.15, 0.2) is 24.3 Å². The Labute approximate surface area is 126 Å². The van der Waals surface area contributed by atoms with E-state index in [-0.39, 0.29) is 24.2 Å². The van der Waals surface area contributed by atoms with Crippen LogP contribution in [0, 0.1) is 5.92 Å². The van der Waals surface area contributed by atoms with Crippen molar-refractivity contribution in [3.63, 3.8) is 0 Å². The van der Waals surface area contributed by atoms with Gasteiger partial charge in [0.05, 0.1) is 6.61 Å². The van der Waals surface area contributed by atoms with E-state index in [9.17, 15) is 4.79 Å². The van der Waals surface area contributed by atoms with Crippen molar-refractivity contribution < 1.29 is 9.53 Å². The van der Waals surface area contributed by atoms with Gasteiger partial charge in [0.15, 0.2) is 0 Å². The van der Waals surface area contributed by atoms with Crippen molar-refractivity contribution in [2.75, 3.05) is 18.5 Å². The zero-order valence-electron chi connectivity index (χ0n) is 12.0. The Kier molecular flexibility index (Phi) is 6.82. The van der Waals surface area contributed by atoms with Crippen molar-refractivity contribution in [3.8, 4) is 5.75 Å². The van der Waals surface area contributed by atoms with Gasteiger partial charge in [0.2, 0.25) is 5.91 Å². The van der Waals surface area contributed by atoms with Gasteiger partial charge < -0.3 is 15.4 Å². The van der Waals surface area contributed by atoms with E-state index >= 15 is 0 Å². The molecule has 1 heterocycles. The first kappa shape index (κ1) is 16.8. The topological polar surface area (TPSA) is 50.4 Å². The van der Waals surface area contributed by atoms with E-state index in [1.54, 1.807) is 0 Å². The smallest absolute Gasteiger partial charge is 0.227 e. The van der Waals surface area contributed by atoms with Gasteiger partial charge in [-0.2, -0.15) is 0 Å². The molecule has 0 unspecified atom stereocenters. The van der Waals surface area contributed by atoms with Crippen molar-refractivity contribution in [2.45, 2.75) is 32.7 Å². The Hall–Kier alpha value is -1.26. The summed E-state index contributed by atoms with van der Waals surface area (Å²) in [7, 11) is 0. The van der Waals surface area contributed by atoms with Gasteiger partial charge in [-0.3, -0.25) is 4.79 Å². The molecule has 2 N–H and O–H groups in total. The second kappa shape index (κ2) is 8.12. The second-order valence-corrected chi connectivity index (χ2v) is 5.02.